The summed E-state index contributed by atoms with van der Waals surface area (Å²) in [6, 6.07) is 13.8. The number of nitrogens with zero attached hydrogens (tertiary/aromatic N) is 3. The van der Waals surface area contributed by atoms with E-state index in [2.05, 4.69) is 34.0 Å². The van der Waals surface area contributed by atoms with E-state index in [0.29, 0.717) is 16.6 Å². The van der Waals surface area contributed by atoms with Gasteiger partial charge in [0.05, 0.1) is 16.2 Å². The molecular formula is C23H20ClN3O. The van der Waals surface area contributed by atoms with Crippen LogP contribution in [0, 0.1) is 18.3 Å². The maximum absolute atomic E-state index is 13.1. The topological polar surface area (TPSA) is 38.1 Å². The van der Waals surface area contributed by atoms with E-state index in [1.54, 1.807) is 10.6 Å². The monoisotopic (exact) mass is 389 g/mol. The first-order chi connectivity index (χ1) is 13.7. The Balaban J connectivity index is 1.76. The molecule has 5 rings (SSSR count). The molecule has 1 atom stereocenters. The Hall–Kier alpha value is -2.77. The van der Waals surface area contributed by atoms with Crippen molar-refractivity contribution in [1.29, 1.82) is 0 Å². The molecule has 2 fully saturated rings. The molecule has 0 radical (unpaired) electrons. The van der Waals surface area contributed by atoms with Crippen molar-refractivity contribution in [3.63, 3.8) is 0 Å². The fourth-order valence-electron chi connectivity index (χ4n) is 4.09. The van der Waals surface area contributed by atoms with Crippen molar-refractivity contribution in [1.82, 2.24) is 9.55 Å². The highest BCUT2D eigenvalue weighted by Crippen LogP contribution is 2.42. The first-order valence-electron chi connectivity index (χ1n) is 9.68. The van der Waals surface area contributed by atoms with Gasteiger partial charge in [-0.05, 0) is 55.0 Å². The van der Waals surface area contributed by atoms with Crippen LogP contribution in [0.2, 0.25) is 5.02 Å². The predicted octanol–water partition coefficient (Wildman–Crippen LogP) is 4.38. The largest absolute Gasteiger partial charge is 0.355 e. The number of aromatic nitrogens is 2. The summed E-state index contributed by atoms with van der Waals surface area (Å²) in [5.74, 6) is 4.35. The second-order valence-electron chi connectivity index (χ2n) is 7.65. The van der Waals surface area contributed by atoms with Gasteiger partial charge in [0.2, 0.25) is 0 Å². The lowest BCUT2D eigenvalue weighted by Crippen LogP contribution is -2.28. The van der Waals surface area contributed by atoms with Gasteiger partial charge in [0, 0.05) is 24.4 Å². The van der Waals surface area contributed by atoms with Crippen molar-refractivity contribution < 1.29 is 0 Å². The molecule has 1 aliphatic heterocycles. The number of hydrogen-bond donors (Lipinski definition) is 0. The van der Waals surface area contributed by atoms with Crippen LogP contribution in [0.3, 0.4) is 0 Å². The van der Waals surface area contributed by atoms with Crippen LogP contribution in [0.4, 0.5) is 5.82 Å². The van der Waals surface area contributed by atoms with Crippen molar-refractivity contribution in [3.8, 4) is 18.0 Å². The Morgan fingerprint density at radius 2 is 1.96 bits per heavy atom. The molecule has 140 valence electrons. The first-order valence-corrected chi connectivity index (χ1v) is 10.1. The number of hydrogen-bond acceptors (Lipinski definition) is 3. The maximum atomic E-state index is 13.1. The number of benzene rings is 2. The minimum Gasteiger partial charge on any atom is -0.355 e. The minimum atomic E-state index is -0.312. The van der Waals surface area contributed by atoms with Crippen LogP contribution in [-0.4, -0.2) is 22.6 Å². The van der Waals surface area contributed by atoms with Crippen molar-refractivity contribution >= 4 is 28.3 Å². The second-order valence-corrected chi connectivity index (χ2v) is 8.06. The van der Waals surface area contributed by atoms with Crippen LogP contribution in [-0.2, 0) is 0 Å². The average molecular weight is 390 g/mol. The standard InChI is InChI=1S/C23H20ClN3O/c1-2-15-11-12-26(14-15)22-18-10-9-17(16-7-8-16)13-21(18)27(23(28)25-22)20-6-4-3-5-19(20)24/h1,3-6,9-10,13,15-16H,7-8,11-12,14H2. The highest BCUT2D eigenvalue weighted by Gasteiger charge is 2.27. The molecule has 1 saturated carbocycles. The van der Waals surface area contributed by atoms with Gasteiger partial charge in [-0.15, -0.1) is 12.3 Å². The molecule has 0 bridgehead atoms. The molecule has 0 spiro atoms. The van der Waals surface area contributed by atoms with Crippen LogP contribution in [0.1, 0.15) is 30.7 Å². The van der Waals surface area contributed by atoms with E-state index in [0.717, 1.165) is 36.2 Å². The smallest absolute Gasteiger partial charge is 0.354 e. The van der Waals surface area contributed by atoms with Crippen LogP contribution >= 0.6 is 11.6 Å². The zero-order valence-electron chi connectivity index (χ0n) is 15.4. The molecule has 0 amide bonds. The van der Waals surface area contributed by atoms with Crippen molar-refractivity contribution in [2.75, 3.05) is 18.0 Å². The molecule has 3 aromatic rings. The number of terminal acetylenes is 1. The van der Waals surface area contributed by atoms with Gasteiger partial charge in [-0.3, -0.25) is 4.57 Å². The summed E-state index contributed by atoms with van der Waals surface area (Å²) < 4.78 is 1.64. The predicted molar refractivity (Wildman–Crippen MR) is 113 cm³/mol. The Labute approximate surface area is 168 Å². The van der Waals surface area contributed by atoms with Gasteiger partial charge in [-0.2, -0.15) is 4.98 Å². The first kappa shape index (κ1) is 17.3. The van der Waals surface area contributed by atoms with Crippen LogP contribution in [0.15, 0.2) is 47.3 Å². The average Bonchev–Trinajstić information content (AvgIpc) is 3.45. The molecule has 4 nitrogen and oxygen atoms in total. The van der Waals surface area contributed by atoms with E-state index >= 15 is 0 Å². The summed E-state index contributed by atoms with van der Waals surface area (Å²) in [6.45, 7) is 1.55. The van der Waals surface area contributed by atoms with Gasteiger partial charge in [0.1, 0.15) is 5.82 Å². The molecule has 5 heteroatoms. The van der Waals surface area contributed by atoms with Crippen molar-refractivity contribution in [3.05, 3.63) is 63.5 Å². The van der Waals surface area contributed by atoms with Gasteiger partial charge in [-0.1, -0.05) is 29.8 Å². The number of halogens is 1. The van der Waals surface area contributed by atoms with E-state index < -0.39 is 0 Å². The third kappa shape index (κ3) is 2.87. The Bertz CT molecular complexity index is 1170. The summed E-state index contributed by atoms with van der Waals surface area (Å²) >= 11 is 6.43. The summed E-state index contributed by atoms with van der Waals surface area (Å²) in [5.41, 5.74) is 2.48. The summed E-state index contributed by atoms with van der Waals surface area (Å²) in [7, 11) is 0. The molecular weight excluding hydrogens is 370 g/mol. The van der Waals surface area contributed by atoms with Crippen molar-refractivity contribution in [2.24, 2.45) is 5.92 Å². The van der Waals surface area contributed by atoms with Gasteiger partial charge >= 0.3 is 5.69 Å². The number of rotatable bonds is 3. The van der Waals surface area contributed by atoms with Crippen LogP contribution < -0.4 is 10.6 Å². The molecule has 2 heterocycles. The van der Waals surface area contributed by atoms with Gasteiger partial charge in [0.25, 0.3) is 0 Å². The van der Waals surface area contributed by atoms with E-state index in [4.69, 9.17) is 18.0 Å². The summed E-state index contributed by atoms with van der Waals surface area (Å²) in [5, 5.41) is 1.49. The zero-order valence-corrected chi connectivity index (χ0v) is 16.2. The highest BCUT2D eigenvalue weighted by molar-refractivity contribution is 6.32. The third-order valence-corrected chi connectivity index (χ3v) is 6.08. The lowest BCUT2D eigenvalue weighted by atomic mass is 10.1. The number of anilines is 1. The van der Waals surface area contributed by atoms with E-state index in [9.17, 15) is 4.79 Å². The number of para-hydroxylation sites is 1. The number of fused-ring (bicyclic) bond motifs is 1. The molecule has 28 heavy (non-hydrogen) atoms. The van der Waals surface area contributed by atoms with E-state index in [1.165, 1.54) is 18.4 Å². The molecule has 1 saturated heterocycles. The Morgan fingerprint density at radius 3 is 2.68 bits per heavy atom. The van der Waals surface area contributed by atoms with E-state index in [1.807, 2.05) is 18.2 Å². The molecule has 0 N–H and O–H groups in total. The highest BCUT2D eigenvalue weighted by atomic mass is 35.5. The Kier molecular flexibility index (Phi) is 4.14. The molecule has 2 aliphatic rings. The lowest BCUT2D eigenvalue weighted by molar-refractivity contribution is 0.767. The SMILES string of the molecule is C#CC1CCN(c2nc(=O)n(-c3ccccc3Cl)c3cc(C4CC4)ccc23)C1. The van der Waals surface area contributed by atoms with Crippen LogP contribution in [0.25, 0.3) is 16.6 Å². The summed E-state index contributed by atoms with van der Waals surface area (Å²) in [4.78, 5) is 19.7. The van der Waals surface area contributed by atoms with Gasteiger partial charge in [-0.25, -0.2) is 4.79 Å². The second kappa shape index (κ2) is 6.68. The summed E-state index contributed by atoms with van der Waals surface area (Å²) in [6.07, 6.45) is 8.95. The van der Waals surface area contributed by atoms with E-state index in [-0.39, 0.29) is 11.6 Å². The lowest BCUT2D eigenvalue weighted by Gasteiger charge is -2.21. The quantitative estimate of drug-likeness (QED) is 0.624. The van der Waals surface area contributed by atoms with Crippen molar-refractivity contribution in [2.45, 2.75) is 25.2 Å². The fourth-order valence-corrected chi connectivity index (χ4v) is 4.31. The van der Waals surface area contributed by atoms with Gasteiger partial charge in [0.15, 0.2) is 0 Å². The Morgan fingerprint density at radius 1 is 1.14 bits per heavy atom. The zero-order chi connectivity index (χ0) is 19.3. The fraction of sp³-hybridized carbons (Fsp3) is 0.304. The molecule has 1 unspecified atom stereocenters. The van der Waals surface area contributed by atoms with Crippen LogP contribution in [0.5, 0.6) is 0 Å². The normalized spacial score (nSPS) is 19.1. The van der Waals surface area contributed by atoms with Gasteiger partial charge < -0.3 is 4.90 Å². The third-order valence-electron chi connectivity index (χ3n) is 5.76. The molecule has 1 aromatic heterocycles. The molecule has 2 aromatic carbocycles. The maximum Gasteiger partial charge on any atom is 0.354 e. The molecule has 1 aliphatic carbocycles. The minimum absolute atomic E-state index is 0.202.